The number of aryl methyl sites for hydroxylation is 1. The van der Waals surface area contributed by atoms with Crippen LogP contribution in [0, 0.1) is 6.92 Å². The van der Waals surface area contributed by atoms with Gasteiger partial charge in [0.2, 0.25) is 0 Å². The SMILES string of the molecule is Cc1csc(SCc2ccc(C(=O)NC3CCSCC3)cc2)n1. The van der Waals surface area contributed by atoms with Crippen LogP contribution in [0.1, 0.15) is 34.5 Å². The number of thiazole rings is 1. The maximum absolute atomic E-state index is 12.3. The standard InChI is InChI=1S/C17H20N2OS3/c1-12-10-22-17(18-12)23-11-13-2-4-14(5-3-13)16(20)19-15-6-8-21-9-7-15/h2-5,10,15H,6-9,11H2,1H3,(H,19,20). The van der Waals surface area contributed by atoms with Gasteiger partial charge in [-0.15, -0.1) is 11.3 Å². The van der Waals surface area contributed by atoms with Crippen LogP contribution in [-0.2, 0) is 5.75 Å². The van der Waals surface area contributed by atoms with Gasteiger partial charge >= 0.3 is 0 Å². The van der Waals surface area contributed by atoms with Crippen molar-refractivity contribution in [3.63, 3.8) is 0 Å². The molecule has 1 saturated heterocycles. The first-order valence-corrected chi connectivity index (χ1v) is 10.8. The topological polar surface area (TPSA) is 42.0 Å². The lowest BCUT2D eigenvalue weighted by atomic mass is 10.1. The van der Waals surface area contributed by atoms with Gasteiger partial charge in [0.05, 0.1) is 0 Å². The molecular formula is C17H20N2OS3. The first-order valence-electron chi connectivity index (χ1n) is 7.73. The number of nitrogens with zero attached hydrogens (tertiary/aromatic N) is 1. The molecule has 1 amide bonds. The number of hydrogen-bond acceptors (Lipinski definition) is 5. The van der Waals surface area contributed by atoms with Crippen LogP contribution >= 0.6 is 34.9 Å². The number of nitrogens with one attached hydrogen (secondary N) is 1. The van der Waals surface area contributed by atoms with E-state index in [1.807, 2.05) is 43.0 Å². The Labute approximate surface area is 149 Å². The maximum atomic E-state index is 12.3. The van der Waals surface area contributed by atoms with Gasteiger partial charge in [-0.3, -0.25) is 4.79 Å². The molecule has 2 aromatic rings. The van der Waals surface area contributed by atoms with Gasteiger partial charge in [-0.2, -0.15) is 11.8 Å². The second-order valence-electron chi connectivity index (χ2n) is 5.60. The summed E-state index contributed by atoms with van der Waals surface area (Å²) in [6, 6.07) is 8.27. The predicted molar refractivity (Wildman–Crippen MR) is 101 cm³/mol. The molecule has 6 heteroatoms. The Balaban J connectivity index is 1.52. The number of thioether (sulfide) groups is 2. The number of benzene rings is 1. The summed E-state index contributed by atoms with van der Waals surface area (Å²) in [5.74, 6) is 3.24. The van der Waals surface area contributed by atoms with Crippen LogP contribution in [0.15, 0.2) is 34.0 Å². The van der Waals surface area contributed by atoms with Gasteiger partial charge in [0.1, 0.15) is 4.34 Å². The highest BCUT2D eigenvalue weighted by Gasteiger charge is 2.16. The van der Waals surface area contributed by atoms with Gasteiger partial charge in [-0.25, -0.2) is 4.98 Å². The summed E-state index contributed by atoms with van der Waals surface area (Å²) in [6.45, 7) is 2.01. The Morgan fingerprint density at radius 1 is 1.30 bits per heavy atom. The van der Waals surface area contributed by atoms with Crippen molar-refractivity contribution in [3.05, 3.63) is 46.5 Å². The fraction of sp³-hybridized carbons (Fsp3) is 0.412. The molecule has 1 aromatic carbocycles. The average molecular weight is 365 g/mol. The largest absolute Gasteiger partial charge is 0.349 e. The van der Waals surface area contributed by atoms with E-state index in [1.165, 1.54) is 5.56 Å². The minimum absolute atomic E-state index is 0.0525. The van der Waals surface area contributed by atoms with Gasteiger partial charge < -0.3 is 5.32 Å². The van der Waals surface area contributed by atoms with E-state index in [0.717, 1.165) is 45.7 Å². The van der Waals surface area contributed by atoms with Crippen molar-refractivity contribution in [2.24, 2.45) is 0 Å². The fourth-order valence-corrected chi connectivity index (χ4v) is 5.32. The minimum Gasteiger partial charge on any atom is -0.349 e. The smallest absolute Gasteiger partial charge is 0.251 e. The fourth-order valence-electron chi connectivity index (χ4n) is 2.41. The van der Waals surface area contributed by atoms with E-state index in [4.69, 9.17) is 0 Å². The molecule has 1 fully saturated rings. The third kappa shape index (κ3) is 4.99. The van der Waals surface area contributed by atoms with Crippen molar-refractivity contribution in [2.45, 2.75) is 35.9 Å². The molecule has 1 N–H and O–H groups in total. The number of aromatic nitrogens is 1. The monoisotopic (exact) mass is 364 g/mol. The molecule has 23 heavy (non-hydrogen) atoms. The van der Waals surface area contributed by atoms with Crippen molar-refractivity contribution >= 4 is 40.8 Å². The van der Waals surface area contributed by atoms with Crippen molar-refractivity contribution in [3.8, 4) is 0 Å². The molecule has 0 radical (unpaired) electrons. The first kappa shape index (κ1) is 16.9. The van der Waals surface area contributed by atoms with Gasteiger partial charge in [-0.05, 0) is 49.0 Å². The third-order valence-corrected chi connectivity index (χ3v) is 6.99. The number of carbonyl (C=O) groups excluding carboxylic acids is 1. The highest BCUT2D eigenvalue weighted by molar-refractivity contribution is 8.00. The van der Waals surface area contributed by atoms with Gasteiger partial charge in [0, 0.05) is 28.4 Å². The van der Waals surface area contributed by atoms with E-state index in [1.54, 1.807) is 23.1 Å². The van der Waals surface area contributed by atoms with Gasteiger partial charge in [-0.1, -0.05) is 23.9 Å². The first-order chi connectivity index (χ1) is 11.2. The molecule has 1 aliphatic heterocycles. The Morgan fingerprint density at radius 3 is 2.70 bits per heavy atom. The zero-order valence-electron chi connectivity index (χ0n) is 13.1. The number of carbonyl (C=O) groups is 1. The van der Waals surface area contributed by atoms with Crippen LogP contribution in [0.25, 0.3) is 0 Å². The molecule has 3 rings (SSSR count). The van der Waals surface area contributed by atoms with Crippen molar-refractivity contribution < 1.29 is 4.79 Å². The molecular weight excluding hydrogens is 344 g/mol. The maximum Gasteiger partial charge on any atom is 0.251 e. The average Bonchev–Trinajstić information content (AvgIpc) is 3.00. The van der Waals surface area contributed by atoms with Gasteiger partial charge in [0.25, 0.3) is 5.91 Å². The highest BCUT2D eigenvalue weighted by atomic mass is 32.2. The summed E-state index contributed by atoms with van der Waals surface area (Å²) in [5.41, 5.74) is 3.04. The number of rotatable bonds is 5. The van der Waals surface area contributed by atoms with Crippen LogP contribution in [0.2, 0.25) is 0 Å². The van der Waals surface area contributed by atoms with E-state index in [-0.39, 0.29) is 5.91 Å². The van der Waals surface area contributed by atoms with Crippen LogP contribution in [0.5, 0.6) is 0 Å². The Bertz CT molecular complexity index is 648. The number of hydrogen-bond donors (Lipinski definition) is 1. The van der Waals surface area contributed by atoms with E-state index in [9.17, 15) is 4.79 Å². The Kier molecular flexibility index (Phi) is 6.02. The quantitative estimate of drug-likeness (QED) is 0.800. The second kappa shape index (κ2) is 8.22. The molecule has 3 nitrogen and oxygen atoms in total. The van der Waals surface area contributed by atoms with Crippen molar-refractivity contribution in [1.82, 2.24) is 10.3 Å². The molecule has 1 aliphatic rings. The summed E-state index contributed by atoms with van der Waals surface area (Å²) >= 11 is 5.39. The predicted octanol–water partition coefficient (Wildman–Crippen LogP) is 4.37. The molecule has 122 valence electrons. The molecule has 0 spiro atoms. The van der Waals surface area contributed by atoms with Crippen LogP contribution in [-0.4, -0.2) is 28.4 Å². The second-order valence-corrected chi connectivity index (χ2v) is 8.91. The molecule has 0 saturated carbocycles. The Morgan fingerprint density at radius 2 is 2.04 bits per heavy atom. The Hall–Kier alpha value is -0.980. The normalized spacial score (nSPS) is 15.5. The minimum atomic E-state index is 0.0525. The van der Waals surface area contributed by atoms with Crippen LogP contribution < -0.4 is 5.32 Å². The summed E-state index contributed by atoms with van der Waals surface area (Å²) in [7, 11) is 0. The van der Waals surface area contributed by atoms with E-state index < -0.39 is 0 Å². The van der Waals surface area contributed by atoms with E-state index in [2.05, 4.69) is 15.7 Å². The summed E-state index contributed by atoms with van der Waals surface area (Å²) in [6.07, 6.45) is 2.16. The lowest BCUT2D eigenvalue weighted by Gasteiger charge is -2.22. The molecule has 2 heterocycles. The third-order valence-electron chi connectivity index (χ3n) is 3.73. The highest BCUT2D eigenvalue weighted by Crippen LogP contribution is 2.26. The summed E-state index contributed by atoms with van der Waals surface area (Å²) < 4.78 is 1.10. The van der Waals surface area contributed by atoms with Gasteiger partial charge in [0.15, 0.2) is 0 Å². The number of amides is 1. The molecule has 1 aromatic heterocycles. The summed E-state index contributed by atoms with van der Waals surface area (Å²) in [4.78, 5) is 16.7. The lowest BCUT2D eigenvalue weighted by molar-refractivity contribution is 0.0935. The lowest BCUT2D eigenvalue weighted by Crippen LogP contribution is -2.37. The zero-order valence-corrected chi connectivity index (χ0v) is 15.5. The molecule has 0 bridgehead atoms. The van der Waals surface area contributed by atoms with Crippen molar-refractivity contribution in [2.75, 3.05) is 11.5 Å². The van der Waals surface area contributed by atoms with Crippen LogP contribution in [0.3, 0.4) is 0 Å². The zero-order chi connectivity index (χ0) is 16.1. The molecule has 0 aliphatic carbocycles. The molecule has 0 unspecified atom stereocenters. The summed E-state index contributed by atoms with van der Waals surface area (Å²) in [5, 5.41) is 5.22. The van der Waals surface area contributed by atoms with E-state index in [0.29, 0.717) is 6.04 Å². The van der Waals surface area contributed by atoms with E-state index >= 15 is 0 Å². The molecule has 0 atom stereocenters. The van der Waals surface area contributed by atoms with Crippen LogP contribution in [0.4, 0.5) is 0 Å². The van der Waals surface area contributed by atoms with Crippen molar-refractivity contribution in [1.29, 1.82) is 0 Å².